The molecule has 0 saturated carbocycles. The molecule has 0 unspecified atom stereocenters. The van der Waals surface area contributed by atoms with Gasteiger partial charge in [-0.25, -0.2) is 9.97 Å². The number of nitrogen functional groups attached to an aromatic ring is 1. The smallest absolute Gasteiger partial charge is 0.308 e. The number of hydrogen-bond acceptors (Lipinski definition) is 6. The molecule has 1 heterocycles. The molecule has 0 aliphatic heterocycles. The van der Waals surface area contributed by atoms with Gasteiger partial charge in [0.25, 0.3) is 0 Å². The Morgan fingerprint density at radius 1 is 1.21 bits per heavy atom. The first-order valence-corrected chi connectivity index (χ1v) is 9.50. The zero-order valence-corrected chi connectivity index (χ0v) is 17.4. The number of esters is 1. The van der Waals surface area contributed by atoms with E-state index in [9.17, 15) is 4.79 Å². The summed E-state index contributed by atoms with van der Waals surface area (Å²) in [5.74, 6) is 0.690. The Morgan fingerprint density at radius 3 is 2.54 bits per heavy atom. The van der Waals surface area contributed by atoms with Gasteiger partial charge in [-0.3, -0.25) is 4.79 Å². The topological polar surface area (TPSA) is 87.3 Å². The molecule has 0 atom stereocenters. The number of hydrogen-bond donors (Lipinski definition) is 1. The zero-order chi connectivity index (χ0) is 20.3. The number of anilines is 1. The van der Waals surface area contributed by atoms with E-state index in [2.05, 4.69) is 25.9 Å². The minimum Gasteiger partial charge on any atom is -0.497 e. The fourth-order valence-corrected chi connectivity index (χ4v) is 3.24. The predicted molar refractivity (Wildman–Crippen MR) is 112 cm³/mol. The highest BCUT2D eigenvalue weighted by atomic mass is 79.9. The summed E-state index contributed by atoms with van der Waals surface area (Å²) < 4.78 is 11.8. The lowest BCUT2D eigenvalue weighted by molar-refractivity contribution is -0.131. The second-order valence-corrected chi connectivity index (χ2v) is 7.02. The maximum Gasteiger partial charge on any atom is 0.308 e. The van der Waals surface area contributed by atoms with E-state index in [4.69, 9.17) is 15.2 Å². The fourth-order valence-electron chi connectivity index (χ4n) is 2.97. The normalized spacial score (nSPS) is 10.6. The Kier molecular flexibility index (Phi) is 5.94. The Morgan fingerprint density at radius 2 is 1.93 bits per heavy atom. The third-order valence-corrected chi connectivity index (χ3v) is 4.76. The summed E-state index contributed by atoms with van der Waals surface area (Å²) >= 11 is 3.45. The summed E-state index contributed by atoms with van der Waals surface area (Å²) in [5, 5.41) is 0. The van der Waals surface area contributed by atoms with Gasteiger partial charge in [0.2, 0.25) is 5.95 Å². The Labute approximate surface area is 171 Å². The molecular formula is C21H20BrN3O3. The standard InChI is InChI=1S/C21H20BrN3O3/c1-4-13-9-16(27-3)10-18(28-12(2)26)19(13)20-17(11-24-21(23)25-20)14-5-7-15(22)8-6-14/h5-11H,4H2,1-3H3,(H2,23,24,25). The third kappa shape index (κ3) is 4.14. The second kappa shape index (κ2) is 8.39. The molecular weight excluding hydrogens is 422 g/mol. The molecule has 2 N–H and O–H groups in total. The van der Waals surface area contributed by atoms with Gasteiger partial charge in [-0.05, 0) is 35.7 Å². The number of carbonyl (C=O) groups excluding carboxylic acids is 1. The number of nitrogens with two attached hydrogens (primary N) is 1. The molecule has 2 aromatic carbocycles. The number of aromatic nitrogens is 2. The van der Waals surface area contributed by atoms with Gasteiger partial charge in [0.05, 0.1) is 12.8 Å². The van der Waals surface area contributed by atoms with Crippen LogP contribution in [-0.2, 0) is 11.2 Å². The highest BCUT2D eigenvalue weighted by molar-refractivity contribution is 9.10. The van der Waals surface area contributed by atoms with Crippen LogP contribution in [0.25, 0.3) is 22.4 Å². The van der Waals surface area contributed by atoms with Gasteiger partial charge >= 0.3 is 5.97 Å². The van der Waals surface area contributed by atoms with Crippen LogP contribution < -0.4 is 15.2 Å². The molecule has 0 aliphatic carbocycles. The number of methoxy groups -OCH3 is 1. The minimum absolute atomic E-state index is 0.141. The van der Waals surface area contributed by atoms with Crippen LogP contribution in [0.4, 0.5) is 5.95 Å². The van der Waals surface area contributed by atoms with E-state index in [1.165, 1.54) is 6.92 Å². The highest BCUT2D eigenvalue weighted by Gasteiger charge is 2.21. The van der Waals surface area contributed by atoms with Crippen molar-refractivity contribution in [3.8, 4) is 33.9 Å². The van der Waals surface area contributed by atoms with E-state index in [1.807, 2.05) is 37.3 Å². The largest absolute Gasteiger partial charge is 0.497 e. The van der Waals surface area contributed by atoms with Crippen molar-refractivity contribution >= 4 is 27.8 Å². The summed E-state index contributed by atoms with van der Waals surface area (Å²) in [5.41, 5.74) is 9.84. The van der Waals surface area contributed by atoms with Crippen LogP contribution in [0.2, 0.25) is 0 Å². The summed E-state index contributed by atoms with van der Waals surface area (Å²) in [4.78, 5) is 20.4. The fraction of sp³-hybridized carbons (Fsp3) is 0.190. The number of carbonyl (C=O) groups is 1. The van der Waals surface area contributed by atoms with Gasteiger partial charge < -0.3 is 15.2 Å². The molecule has 1 aromatic heterocycles. The van der Waals surface area contributed by atoms with Crippen molar-refractivity contribution in [2.24, 2.45) is 0 Å². The lowest BCUT2D eigenvalue weighted by atomic mass is 9.95. The molecule has 0 aliphatic rings. The number of rotatable bonds is 5. The number of ether oxygens (including phenoxy) is 2. The van der Waals surface area contributed by atoms with Crippen LogP contribution >= 0.6 is 15.9 Å². The molecule has 0 amide bonds. The molecule has 0 spiro atoms. The predicted octanol–water partition coefficient (Wildman–Crippen LogP) is 4.65. The molecule has 0 saturated heterocycles. The number of benzene rings is 2. The lowest BCUT2D eigenvalue weighted by Gasteiger charge is -2.17. The monoisotopic (exact) mass is 441 g/mol. The maximum atomic E-state index is 11.7. The van der Waals surface area contributed by atoms with Crippen molar-refractivity contribution in [2.75, 3.05) is 12.8 Å². The second-order valence-electron chi connectivity index (χ2n) is 6.10. The Balaban J connectivity index is 2.32. The first-order chi connectivity index (χ1) is 13.4. The molecule has 0 bridgehead atoms. The first-order valence-electron chi connectivity index (χ1n) is 8.71. The van der Waals surface area contributed by atoms with E-state index in [-0.39, 0.29) is 5.95 Å². The molecule has 0 fully saturated rings. The molecule has 144 valence electrons. The van der Waals surface area contributed by atoms with Crippen molar-refractivity contribution < 1.29 is 14.3 Å². The average molecular weight is 442 g/mol. The summed E-state index contributed by atoms with van der Waals surface area (Å²) in [6, 6.07) is 11.4. The molecule has 28 heavy (non-hydrogen) atoms. The quantitative estimate of drug-likeness (QED) is 0.457. The van der Waals surface area contributed by atoms with E-state index < -0.39 is 5.97 Å². The Bertz CT molecular complexity index is 1020. The number of aryl methyl sites for hydroxylation is 1. The van der Waals surface area contributed by atoms with Gasteiger partial charge in [0.1, 0.15) is 11.5 Å². The van der Waals surface area contributed by atoms with Crippen LogP contribution in [-0.4, -0.2) is 23.0 Å². The molecule has 6 nitrogen and oxygen atoms in total. The molecule has 3 rings (SSSR count). The third-order valence-electron chi connectivity index (χ3n) is 4.23. The van der Waals surface area contributed by atoms with Crippen molar-refractivity contribution in [1.29, 1.82) is 0 Å². The summed E-state index contributed by atoms with van der Waals surface area (Å²) in [7, 11) is 1.57. The van der Waals surface area contributed by atoms with Crippen molar-refractivity contribution in [2.45, 2.75) is 20.3 Å². The van der Waals surface area contributed by atoms with Gasteiger partial charge in [0.15, 0.2) is 0 Å². The lowest BCUT2D eigenvalue weighted by Crippen LogP contribution is -2.07. The molecule has 7 heteroatoms. The molecule has 3 aromatic rings. The molecule has 0 radical (unpaired) electrons. The van der Waals surface area contributed by atoms with Crippen molar-refractivity contribution in [1.82, 2.24) is 9.97 Å². The summed E-state index contributed by atoms with van der Waals surface area (Å²) in [6.07, 6.45) is 2.37. The summed E-state index contributed by atoms with van der Waals surface area (Å²) in [6.45, 7) is 3.37. The maximum absolute atomic E-state index is 11.7. The van der Waals surface area contributed by atoms with Crippen molar-refractivity contribution in [3.05, 3.63) is 52.6 Å². The number of nitrogens with zero attached hydrogens (tertiary/aromatic N) is 2. The minimum atomic E-state index is -0.427. The van der Waals surface area contributed by atoms with Gasteiger partial charge in [-0.15, -0.1) is 0 Å². The van der Waals surface area contributed by atoms with Crippen LogP contribution in [0, 0.1) is 0 Å². The average Bonchev–Trinajstić information content (AvgIpc) is 2.67. The van der Waals surface area contributed by atoms with E-state index in [1.54, 1.807) is 19.4 Å². The van der Waals surface area contributed by atoms with Gasteiger partial charge in [0, 0.05) is 34.8 Å². The number of halogens is 1. The zero-order valence-electron chi connectivity index (χ0n) is 15.8. The van der Waals surface area contributed by atoms with Gasteiger partial charge in [-0.1, -0.05) is 35.0 Å². The SMILES string of the molecule is CCc1cc(OC)cc(OC(C)=O)c1-c1nc(N)ncc1-c1ccc(Br)cc1. The van der Waals surface area contributed by atoms with E-state index >= 15 is 0 Å². The van der Waals surface area contributed by atoms with Crippen LogP contribution in [0.3, 0.4) is 0 Å². The highest BCUT2D eigenvalue weighted by Crippen LogP contribution is 2.41. The van der Waals surface area contributed by atoms with E-state index in [0.29, 0.717) is 29.2 Å². The van der Waals surface area contributed by atoms with E-state index in [0.717, 1.165) is 21.2 Å². The van der Waals surface area contributed by atoms with Gasteiger partial charge in [-0.2, -0.15) is 0 Å². The van der Waals surface area contributed by atoms with Crippen molar-refractivity contribution in [3.63, 3.8) is 0 Å². The van der Waals surface area contributed by atoms with Crippen LogP contribution in [0.5, 0.6) is 11.5 Å². The van der Waals surface area contributed by atoms with Crippen LogP contribution in [0.1, 0.15) is 19.4 Å². The first kappa shape index (κ1) is 19.8. The van der Waals surface area contributed by atoms with Crippen LogP contribution in [0.15, 0.2) is 47.1 Å². The Hall–Kier alpha value is -2.93.